The van der Waals surface area contributed by atoms with Gasteiger partial charge in [0.25, 0.3) is 0 Å². The van der Waals surface area contributed by atoms with E-state index < -0.39 is 0 Å². The third-order valence-corrected chi connectivity index (χ3v) is 2.22. The lowest BCUT2D eigenvalue weighted by molar-refractivity contribution is 0.408. The van der Waals surface area contributed by atoms with Gasteiger partial charge in [-0.25, -0.2) is 0 Å². The van der Waals surface area contributed by atoms with Crippen LogP contribution in [0, 0.1) is 0 Å². The van der Waals surface area contributed by atoms with Crippen molar-refractivity contribution in [3.63, 3.8) is 0 Å². The summed E-state index contributed by atoms with van der Waals surface area (Å²) in [5.74, 6) is 0.836. The summed E-state index contributed by atoms with van der Waals surface area (Å²) in [6, 6.07) is 5.20. The predicted molar refractivity (Wildman–Crippen MR) is 56.9 cm³/mol. The third-order valence-electron chi connectivity index (χ3n) is 2.22. The maximum Gasteiger partial charge on any atom is 0.127 e. The number of nitrogens with zero attached hydrogens (tertiary/aromatic N) is 2. The molecule has 0 atom stereocenters. The van der Waals surface area contributed by atoms with Crippen molar-refractivity contribution in [1.29, 1.82) is 0 Å². The van der Waals surface area contributed by atoms with E-state index in [4.69, 9.17) is 4.74 Å². The summed E-state index contributed by atoms with van der Waals surface area (Å²) in [5.41, 5.74) is 1.64. The minimum Gasteiger partial charge on any atom is -0.507 e. The van der Waals surface area contributed by atoms with Crippen LogP contribution in [0.2, 0.25) is 0 Å². The van der Waals surface area contributed by atoms with E-state index in [1.165, 1.54) is 0 Å². The molecular weight excluding hydrogens is 192 g/mol. The molecule has 1 N–H and O–H groups in total. The van der Waals surface area contributed by atoms with Crippen LogP contribution in [0.4, 0.5) is 0 Å². The Bertz CT molecular complexity index is 477. The topological polar surface area (TPSA) is 47.3 Å². The molecule has 0 saturated heterocycles. The number of aryl methyl sites for hydroxylation is 1. The van der Waals surface area contributed by atoms with E-state index in [1.807, 2.05) is 25.4 Å². The van der Waals surface area contributed by atoms with Gasteiger partial charge in [0, 0.05) is 30.4 Å². The second-order valence-electron chi connectivity index (χ2n) is 3.29. The summed E-state index contributed by atoms with van der Waals surface area (Å²) in [5, 5.41) is 13.8. The number of hydrogen-bond acceptors (Lipinski definition) is 3. The number of aromatic hydroxyl groups is 1. The average molecular weight is 204 g/mol. The van der Waals surface area contributed by atoms with E-state index >= 15 is 0 Å². The molecule has 1 aromatic carbocycles. The van der Waals surface area contributed by atoms with Crippen LogP contribution in [0.15, 0.2) is 30.6 Å². The maximum absolute atomic E-state index is 9.77. The van der Waals surface area contributed by atoms with Crippen LogP contribution < -0.4 is 4.74 Å². The number of rotatable bonds is 2. The minimum atomic E-state index is 0.197. The van der Waals surface area contributed by atoms with Crippen LogP contribution >= 0.6 is 0 Å². The lowest BCUT2D eigenvalue weighted by Gasteiger charge is -2.04. The number of phenols is 1. The smallest absolute Gasteiger partial charge is 0.127 e. The largest absolute Gasteiger partial charge is 0.507 e. The predicted octanol–water partition coefficient (Wildman–Crippen LogP) is 1.80. The molecule has 1 aromatic heterocycles. The van der Waals surface area contributed by atoms with Crippen LogP contribution in [-0.2, 0) is 7.05 Å². The van der Waals surface area contributed by atoms with Crippen LogP contribution in [0.1, 0.15) is 0 Å². The summed E-state index contributed by atoms with van der Waals surface area (Å²) in [6.07, 6.45) is 3.56. The highest BCUT2D eigenvalue weighted by Crippen LogP contribution is 2.31. The fraction of sp³-hybridized carbons (Fsp3) is 0.182. The first-order valence-corrected chi connectivity index (χ1v) is 4.56. The second kappa shape index (κ2) is 3.65. The Balaban J connectivity index is 2.45. The summed E-state index contributed by atoms with van der Waals surface area (Å²) in [4.78, 5) is 0. The molecule has 0 bridgehead atoms. The molecular formula is C11H12N2O2. The SMILES string of the molecule is COc1ccc(-c2cnn(C)c2)c(O)c1. The van der Waals surface area contributed by atoms with Crippen molar-refractivity contribution in [2.24, 2.45) is 7.05 Å². The first-order valence-electron chi connectivity index (χ1n) is 4.56. The highest BCUT2D eigenvalue weighted by molar-refractivity contribution is 5.69. The molecule has 0 aliphatic rings. The molecule has 78 valence electrons. The van der Waals surface area contributed by atoms with Gasteiger partial charge < -0.3 is 9.84 Å². The summed E-state index contributed by atoms with van der Waals surface area (Å²) < 4.78 is 6.70. The Morgan fingerprint density at radius 1 is 1.40 bits per heavy atom. The summed E-state index contributed by atoms with van der Waals surface area (Å²) in [7, 11) is 3.41. The van der Waals surface area contributed by atoms with Crippen molar-refractivity contribution in [3.8, 4) is 22.6 Å². The second-order valence-corrected chi connectivity index (χ2v) is 3.29. The molecule has 2 rings (SSSR count). The minimum absolute atomic E-state index is 0.197. The van der Waals surface area contributed by atoms with Crippen LogP contribution in [0.5, 0.6) is 11.5 Å². The Morgan fingerprint density at radius 3 is 2.73 bits per heavy atom. The standard InChI is InChI=1S/C11H12N2O2/c1-13-7-8(6-12-13)10-4-3-9(15-2)5-11(10)14/h3-7,14H,1-2H3. The van der Waals surface area contributed by atoms with E-state index in [0.29, 0.717) is 5.75 Å². The quantitative estimate of drug-likeness (QED) is 0.811. The third kappa shape index (κ3) is 1.79. The van der Waals surface area contributed by atoms with Crippen molar-refractivity contribution in [2.75, 3.05) is 7.11 Å². The molecule has 0 spiro atoms. The van der Waals surface area contributed by atoms with Gasteiger partial charge in [-0.1, -0.05) is 0 Å². The van der Waals surface area contributed by atoms with Crippen LogP contribution in [-0.4, -0.2) is 22.0 Å². The zero-order chi connectivity index (χ0) is 10.8. The van der Waals surface area contributed by atoms with Crippen molar-refractivity contribution in [3.05, 3.63) is 30.6 Å². The molecule has 0 aliphatic carbocycles. The normalized spacial score (nSPS) is 10.3. The molecule has 4 heteroatoms. The highest BCUT2D eigenvalue weighted by Gasteiger charge is 2.06. The Kier molecular flexibility index (Phi) is 2.33. The molecule has 0 amide bonds. The fourth-order valence-corrected chi connectivity index (χ4v) is 1.44. The first-order chi connectivity index (χ1) is 7.20. The van der Waals surface area contributed by atoms with Crippen molar-refractivity contribution < 1.29 is 9.84 Å². The Labute approximate surface area is 87.7 Å². The maximum atomic E-state index is 9.77. The van der Waals surface area contributed by atoms with E-state index in [-0.39, 0.29) is 5.75 Å². The van der Waals surface area contributed by atoms with Gasteiger partial charge >= 0.3 is 0 Å². The number of benzene rings is 1. The van der Waals surface area contributed by atoms with Gasteiger partial charge in [-0.05, 0) is 12.1 Å². The van der Waals surface area contributed by atoms with Gasteiger partial charge in [-0.3, -0.25) is 4.68 Å². The van der Waals surface area contributed by atoms with Gasteiger partial charge in [-0.15, -0.1) is 0 Å². The molecule has 0 fully saturated rings. The summed E-state index contributed by atoms with van der Waals surface area (Å²) >= 11 is 0. The van der Waals surface area contributed by atoms with E-state index in [0.717, 1.165) is 11.1 Å². The first kappa shape index (κ1) is 9.58. The number of hydrogen-bond donors (Lipinski definition) is 1. The van der Waals surface area contributed by atoms with Crippen LogP contribution in [0.25, 0.3) is 11.1 Å². The average Bonchev–Trinajstić information content (AvgIpc) is 2.64. The highest BCUT2D eigenvalue weighted by atomic mass is 16.5. The van der Waals surface area contributed by atoms with Crippen molar-refractivity contribution >= 4 is 0 Å². The molecule has 0 saturated carbocycles. The zero-order valence-electron chi connectivity index (χ0n) is 8.64. The van der Waals surface area contributed by atoms with E-state index in [9.17, 15) is 5.11 Å². The van der Waals surface area contributed by atoms with Gasteiger partial charge in [0.1, 0.15) is 11.5 Å². The van der Waals surface area contributed by atoms with Crippen molar-refractivity contribution in [2.45, 2.75) is 0 Å². The number of ether oxygens (including phenoxy) is 1. The number of methoxy groups -OCH3 is 1. The Hall–Kier alpha value is -1.97. The molecule has 0 unspecified atom stereocenters. The molecule has 4 nitrogen and oxygen atoms in total. The molecule has 0 radical (unpaired) electrons. The molecule has 1 heterocycles. The van der Waals surface area contributed by atoms with E-state index in [2.05, 4.69) is 5.10 Å². The molecule has 15 heavy (non-hydrogen) atoms. The van der Waals surface area contributed by atoms with Gasteiger partial charge in [0.15, 0.2) is 0 Å². The lowest BCUT2D eigenvalue weighted by Crippen LogP contribution is -1.85. The number of aromatic nitrogens is 2. The monoisotopic (exact) mass is 204 g/mol. The van der Waals surface area contributed by atoms with Gasteiger partial charge in [-0.2, -0.15) is 5.10 Å². The van der Waals surface area contributed by atoms with Crippen molar-refractivity contribution in [1.82, 2.24) is 9.78 Å². The lowest BCUT2D eigenvalue weighted by atomic mass is 10.1. The molecule has 2 aromatic rings. The van der Waals surface area contributed by atoms with Crippen LogP contribution in [0.3, 0.4) is 0 Å². The Morgan fingerprint density at radius 2 is 2.20 bits per heavy atom. The van der Waals surface area contributed by atoms with Gasteiger partial charge in [0.05, 0.1) is 13.3 Å². The summed E-state index contributed by atoms with van der Waals surface area (Å²) in [6.45, 7) is 0. The van der Waals surface area contributed by atoms with Gasteiger partial charge in [0.2, 0.25) is 0 Å². The number of phenolic OH excluding ortho intramolecular Hbond substituents is 1. The molecule has 0 aliphatic heterocycles. The zero-order valence-corrected chi connectivity index (χ0v) is 8.64. The fourth-order valence-electron chi connectivity index (χ4n) is 1.44. The van der Waals surface area contributed by atoms with E-state index in [1.54, 1.807) is 24.1 Å².